The van der Waals surface area contributed by atoms with Crippen molar-refractivity contribution in [2.24, 2.45) is 10.7 Å². The average molecular weight is 450 g/mol. The summed E-state index contributed by atoms with van der Waals surface area (Å²) >= 11 is 0. The Hall–Kier alpha value is -3.29. The van der Waals surface area contributed by atoms with Gasteiger partial charge < -0.3 is 20.5 Å². The highest BCUT2D eigenvalue weighted by atomic mass is 35.5. The van der Waals surface area contributed by atoms with Crippen LogP contribution in [0.1, 0.15) is 21.6 Å². The van der Waals surface area contributed by atoms with E-state index in [0.717, 1.165) is 6.07 Å². The summed E-state index contributed by atoms with van der Waals surface area (Å²) in [6.07, 6.45) is 1.29. The van der Waals surface area contributed by atoms with E-state index in [4.69, 9.17) is 21.8 Å². The number of nitrogens with one attached hydrogen (secondary N) is 1. The number of hydrogen-bond acceptors (Lipinski definition) is 6. The van der Waals surface area contributed by atoms with Gasteiger partial charge in [0.25, 0.3) is 11.9 Å². The Kier molecular flexibility index (Phi) is 5.85. The summed E-state index contributed by atoms with van der Waals surface area (Å²) < 4.78 is 40.6. The van der Waals surface area contributed by atoms with Gasteiger partial charge in [-0.05, 0) is 36.8 Å². The number of aromatic nitrogens is 1. The van der Waals surface area contributed by atoms with Crippen LogP contribution >= 0.6 is 12.4 Å². The first-order chi connectivity index (χ1) is 14.3. The number of carbonyl (C=O) groups excluding carboxylic acids is 1. The van der Waals surface area contributed by atoms with Crippen molar-refractivity contribution in [1.82, 2.24) is 4.98 Å². The first-order valence-corrected chi connectivity index (χ1v) is 8.98. The number of rotatable bonds is 3. The van der Waals surface area contributed by atoms with Crippen molar-refractivity contribution in [3.63, 3.8) is 0 Å². The molecule has 8 nitrogen and oxygen atoms in total. The van der Waals surface area contributed by atoms with Crippen molar-refractivity contribution in [2.45, 2.75) is 18.1 Å². The third kappa shape index (κ3) is 3.66. The maximum absolute atomic E-state index is 15.5. The molecule has 2 aliphatic heterocycles. The van der Waals surface area contributed by atoms with Crippen LogP contribution in [0.25, 0.3) is 4.85 Å². The third-order valence-electron chi connectivity index (χ3n) is 5.21. The number of amidine groups is 1. The van der Waals surface area contributed by atoms with Crippen LogP contribution in [0.2, 0.25) is 0 Å². The van der Waals surface area contributed by atoms with Crippen molar-refractivity contribution in [3.8, 4) is 0 Å². The number of amides is 1. The minimum atomic E-state index is -2.10. The van der Waals surface area contributed by atoms with Crippen molar-refractivity contribution in [2.75, 3.05) is 25.1 Å². The first-order valence-electron chi connectivity index (χ1n) is 8.98. The summed E-state index contributed by atoms with van der Waals surface area (Å²) in [7, 11) is 0. The minimum Gasteiger partial charge on any atom is -0.462 e. The molecule has 162 valence electrons. The first kappa shape index (κ1) is 22.4. The normalized spacial score (nSPS) is 24.1. The van der Waals surface area contributed by atoms with Crippen LogP contribution in [0.3, 0.4) is 0 Å². The monoisotopic (exact) mass is 449 g/mol. The quantitative estimate of drug-likeness (QED) is 0.701. The number of nitrogens with zero attached hydrogens (tertiary/aromatic N) is 3. The van der Waals surface area contributed by atoms with Gasteiger partial charge in [0.2, 0.25) is 5.69 Å². The number of hydrogen-bond donors (Lipinski definition) is 2. The molecule has 2 aliphatic rings. The SMILES string of the molecule is Cl.[C-]#[N+]c1cnc(C(=O)Nc2ccc(F)c([C@]34COC[C@@]3(F)COC(N)=N4)c2)c(C)c1. The van der Waals surface area contributed by atoms with Gasteiger partial charge in [-0.3, -0.25) is 9.78 Å². The maximum atomic E-state index is 15.5. The van der Waals surface area contributed by atoms with Crippen molar-refractivity contribution < 1.29 is 23.0 Å². The van der Waals surface area contributed by atoms with E-state index in [9.17, 15) is 9.18 Å². The zero-order valence-electron chi connectivity index (χ0n) is 16.3. The number of pyridine rings is 1. The number of aliphatic imine (C=N–C) groups is 1. The molecule has 1 amide bonds. The zero-order valence-corrected chi connectivity index (χ0v) is 17.1. The summed E-state index contributed by atoms with van der Waals surface area (Å²) in [5.41, 5.74) is 2.87. The largest absolute Gasteiger partial charge is 0.462 e. The van der Waals surface area contributed by atoms with Gasteiger partial charge in [-0.1, -0.05) is 0 Å². The van der Waals surface area contributed by atoms with E-state index >= 15 is 4.39 Å². The summed E-state index contributed by atoms with van der Waals surface area (Å²) in [5.74, 6) is -1.27. The maximum Gasteiger partial charge on any atom is 0.283 e. The number of carbonyl (C=O) groups is 1. The summed E-state index contributed by atoms with van der Waals surface area (Å²) in [4.78, 5) is 24.0. The number of anilines is 1. The lowest BCUT2D eigenvalue weighted by Crippen LogP contribution is -2.55. The lowest BCUT2D eigenvalue weighted by atomic mass is 9.78. The second kappa shape index (κ2) is 8.09. The molecule has 2 aromatic rings. The molecule has 2 atom stereocenters. The fourth-order valence-electron chi connectivity index (χ4n) is 3.66. The fourth-order valence-corrected chi connectivity index (χ4v) is 3.66. The molecule has 1 aromatic carbocycles. The molecular weight excluding hydrogens is 432 g/mol. The molecule has 1 fully saturated rings. The van der Waals surface area contributed by atoms with Crippen LogP contribution in [0.4, 0.5) is 20.2 Å². The Labute approximate surface area is 182 Å². The molecule has 1 saturated heterocycles. The molecule has 3 heterocycles. The molecule has 0 spiro atoms. The van der Waals surface area contributed by atoms with Crippen LogP contribution in [0.15, 0.2) is 35.5 Å². The second-order valence-electron chi connectivity index (χ2n) is 7.18. The van der Waals surface area contributed by atoms with Gasteiger partial charge in [0.15, 0.2) is 11.2 Å². The number of fused-ring (bicyclic) bond motifs is 1. The van der Waals surface area contributed by atoms with E-state index in [0.29, 0.717) is 11.3 Å². The molecule has 3 N–H and O–H groups in total. The molecular formula is C20H18ClF2N5O3. The van der Waals surface area contributed by atoms with Gasteiger partial charge in [-0.2, -0.15) is 0 Å². The van der Waals surface area contributed by atoms with E-state index in [1.54, 1.807) is 6.92 Å². The number of halogens is 3. The highest BCUT2D eigenvalue weighted by Gasteiger charge is 2.62. The smallest absolute Gasteiger partial charge is 0.283 e. The summed E-state index contributed by atoms with van der Waals surface area (Å²) in [6.45, 7) is 7.69. The predicted octanol–water partition coefficient (Wildman–Crippen LogP) is 3.03. The molecule has 4 rings (SSSR count). The highest BCUT2D eigenvalue weighted by Crippen LogP contribution is 2.48. The van der Waals surface area contributed by atoms with Gasteiger partial charge in [-0.15, -0.1) is 12.4 Å². The zero-order chi connectivity index (χ0) is 21.5. The van der Waals surface area contributed by atoms with Gasteiger partial charge in [0, 0.05) is 17.4 Å². The van der Waals surface area contributed by atoms with Crippen LogP contribution in [0.5, 0.6) is 0 Å². The van der Waals surface area contributed by atoms with Gasteiger partial charge in [-0.25, -0.2) is 18.6 Å². The lowest BCUT2D eigenvalue weighted by Gasteiger charge is -2.38. The minimum absolute atomic E-state index is 0. The number of nitrogens with two attached hydrogens (primary N) is 1. The van der Waals surface area contributed by atoms with Crippen molar-refractivity contribution in [1.29, 1.82) is 0 Å². The van der Waals surface area contributed by atoms with E-state index in [1.165, 1.54) is 24.4 Å². The topological polar surface area (TPSA) is 103 Å². The molecule has 1 aromatic heterocycles. The molecule has 0 radical (unpaired) electrons. The Balaban J connectivity index is 0.00000272. The second-order valence-corrected chi connectivity index (χ2v) is 7.18. The highest BCUT2D eigenvalue weighted by molar-refractivity contribution is 6.04. The van der Waals surface area contributed by atoms with Crippen LogP contribution in [-0.2, 0) is 15.0 Å². The molecule has 0 saturated carbocycles. The van der Waals surface area contributed by atoms with Crippen molar-refractivity contribution in [3.05, 3.63) is 64.5 Å². The van der Waals surface area contributed by atoms with E-state index in [-0.39, 0.29) is 48.6 Å². The standard InChI is InChI=1S/C20H17F2N5O3.ClH/c1-11-5-13(24-2)7-25-16(11)17(28)26-12-3-4-15(21)14(6-12)20-10-29-8-19(20,22)9-30-18(23)27-20;/h3-7H,8-10H2,1H3,(H2,23,27)(H,26,28);1H/t19-,20-;/m1./s1. The third-order valence-corrected chi connectivity index (χ3v) is 5.21. The number of aryl methyl sites for hydroxylation is 1. The predicted molar refractivity (Wildman–Crippen MR) is 111 cm³/mol. The van der Waals surface area contributed by atoms with Gasteiger partial charge in [0.1, 0.15) is 18.1 Å². The van der Waals surface area contributed by atoms with Crippen LogP contribution < -0.4 is 11.1 Å². The number of ether oxygens (including phenoxy) is 2. The van der Waals surface area contributed by atoms with E-state index < -0.39 is 29.5 Å². The molecule has 0 unspecified atom stereocenters. The summed E-state index contributed by atoms with van der Waals surface area (Å²) in [5, 5.41) is 2.62. The summed E-state index contributed by atoms with van der Waals surface area (Å²) in [6, 6.07) is 5.04. The number of alkyl halides is 1. The Morgan fingerprint density at radius 1 is 1.32 bits per heavy atom. The Morgan fingerprint density at radius 2 is 2.10 bits per heavy atom. The Morgan fingerprint density at radius 3 is 2.81 bits per heavy atom. The lowest BCUT2D eigenvalue weighted by molar-refractivity contribution is 0.00905. The van der Waals surface area contributed by atoms with Crippen LogP contribution in [0, 0.1) is 19.3 Å². The van der Waals surface area contributed by atoms with E-state index in [1.807, 2.05) is 0 Å². The molecule has 0 bridgehead atoms. The fraction of sp³-hybridized carbons (Fsp3) is 0.300. The van der Waals surface area contributed by atoms with Crippen molar-refractivity contribution >= 4 is 35.7 Å². The molecule has 0 aliphatic carbocycles. The molecule has 11 heteroatoms. The van der Waals surface area contributed by atoms with E-state index in [2.05, 4.69) is 20.1 Å². The van der Waals surface area contributed by atoms with Crippen LogP contribution in [-0.4, -0.2) is 42.4 Å². The van der Waals surface area contributed by atoms with Gasteiger partial charge >= 0.3 is 0 Å². The molecule has 31 heavy (non-hydrogen) atoms. The average Bonchev–Trinajstić information content (AvgIpc) is 3.06. The Bertz CT molecular complexity index is 1120. The number of benzene rings is 1. The van der Waals surface area contributed by atoms with Gasteiger partial charge in [0.05, 0.1) is 19.8 Å².